The van der Waals surface area contributed by atoms with Gasteiger partial charge in [0, 0.05) is 14.6 Å². The van der Waals surface area contributed by atoms with Crippen molar-refractivity contribution in [2.75, 3.05) is 6.54 Å². The van der Waals surface area contributed by atoms with Crippen molar-refractivity contribution in [2.45, 2.75) is 39.0 Å². The normalized spacial score (nSPS) is 12.8. The molecule has 1 nitrogen and oxygen atoms in total. The van der Waals surface area contributed by atoms with E-state index < -0.39 is 8.07 Å². The van der Waals surface area contributed by atoms with Crippen LogP contribution >= 0.6 is 0 Å². The molecule has 0 rings (SSSR count). The predicted octanol–water partition coefficient (Wildman–Crippen LogP) is 2.81. The van der Waals surface area contributed by atoms with Gasteiger partial charge >= 0.3 is 0 Å². The van der Waals surface area contributed by atoms with Crippen molar-refractivity contribution in [2.24, 2.45) is 4.99 Å². The fourth-order valence-corrected chi connectivity index (χ4v) is 1.24. The van der Waals surface area contributed by atoms with E-state index in [1.807, 2.05) is 0 Å². The van der Waals surface area contributed by atoms with Gasteiger partial charge < -0.3 is 0 Å². The van der Waals surface area contributed by atoms with E-state index in [0.29, 0.717) is 0 Å². The maximum atomic E-state index is 4.28. The van der Waals surface area contributed by atoms with E-state index in [0.717, 1.165) is 6.54 Å². The Kier molecular flexibility index (Phi) is 4.61. The predicted molar refractivity (Wildman–Crippen MR) is 51.8 cm³/mol. The van der Waals surface area contributed by atoms with Crippen LogP contribution in [0.4, 0.5) is 0 Å². The van der Waals surface area contributed by atoms with Crippen LogP contribution in [-0.4, -0.2) is 20.8 Å². The van der Waals surface area contributed by atoms with Crippen molar-refractivity contribution in [3.8, 4) is 0 Å². The highest BCUT2D eigenvalue weighted by atomic mass is 28.3. The summed E-state index contributed by atoms with van der Waals surface area (Å²) in [6.45, 7) is 10.3. The van der Waals surface area contributed by atoms with Gasteiger partial charge in [-0.3, -0.25) is 4.99 Å². The average molecular weight is 157 g/mol. The van der Waals surface area contributed by atoms with Crippen LogP contribution in [0.15, 0.2) is 4.99 Å². The summed E-state index contributed by atoms with van der Waals surface area (Å²) in [5.74, 6) is 0. The summed E-state index contributed by atoms with van der Waals surface area (Å²) in [5, 5.41) is 0. The van der Waals surface area contributed by atoms with Crippen molar-refractivity contribution < 1.29 is 0 Å². The molecule has 0 fully saturated rings. The third kappa shape index (κ3) is 7.89. The van der Waals surface area contributed by atoms with Gasteiger partial charge in [-0.1, -0.05) is 26.6 Å². The minimum atomic E-state index is -0.857. The van der Waals surface area contributed by atoms with E-state index in [1.165, 1.54) is 12.5 Å². The van der Waals surface area contributed by atoms with Gasteiger partial charge in [-0.2, -0.15) is 0 Å². The molecule has 0 bridgehead atoms. The number of aliphatic imine (C=N–C) groups is 1. The van der Waals surface area contributed by atoms with E-state index in [9.17, 15) is 0 Å². The molecular formula is C8H19NSi. The highest BCUT2D eigenvalue weighted by Gasteiger charge is 2.09. The lowest BCUT2D eigenvalue weighted by Gasteiger charge is -2.10. The molecule has 0 aliphatic carbocycles. The first-order valence-corrected chi connectivity index (χ1v) is 7.75. The minimum absolute atomic E-state index is 0.857. The molecule has 0 atom stereocenters. The molecule has 0 aliphatic heterocycles. The van der Waals surface area contributed by atoms with Crippen LogP contribution in [0.1, 0.15) is 13.3 Å². The van der Waals surface area contributed by atoms with E-state index in [-0.39, 0.29) is 0 Å². The summed E-state index contributed by atoms with van der Waals surface area (Å²) in [6, 6.07) is 1.23. The maximum absolute atomic E-state index is 4.28. The molecule has 0 N–H and O–H groups in total. The van der Waals surface area contributed by atoms with Gasteiger partial charge in [0.1, 0.15) is 0 Å². The molecule has 10 heavy (non-hydrogen) atoms. The second kappa shape index (κ2) is 4.66. The molecule has 0 radical (unpaired) electrons. The second-order valence-corrected chi connectivity index (χ2v) is 9.38. The molecule has 0 aromatic carbocycles. The Morgan fingerprint density at radius 2 is 1.90 bits per heavy atom. The standard InChI is InChI=1S/C8H19NSi/c1-5-6-9-7-8-10(2,3)4/h7H,5-6,8H2,1-4H3. The van der Waals surface area contributed by atoms with Crippen LogP contribution in [-0.2, 0) is 0 Å². The Morgan fingerprint density at radius 3 is 2.30 bits per heavy atom. The number of hydrogen-bond donors (Lipinski definition) is 0. The van der Waals surface area contributed by atoms with Crippen LogP contribution in [0.5, 0.6) is 0 Å². The Balaban J connectivity index is 3.34. The van der Waals surface area contributed by atoms with E-state index in [4.69, 9.17) is 0 Å². The Bertz CT molecular complexity index is 102. The zero-order valence-electron chi connectivity index (χ0n) is 7.65. The molecule has 0 saturated heterocycles. The molecule has 60 valence electrons. The molecule has 0 amide bonds. The third-order valence-corrected chi connectivity index (χ3v) is 2.59. The van der Waals surface area contributed by atoms with Crippen molar-refractivity contribution in [3.05, 3.63) is 0 Å². The molecule has 2 heteroatoms. The fraction of sp³-hybridized carbons (Fsp3) is 0.875. The molecule has 0 spiro atoms. The Labute approximate surface area is 65.6 Å². The van der Waals surface area contributed by atoms with E-state index in [2.05, 4.69) is 37.8 Å². The van der Waals surface area contributed by atoms with Crippen LogP contribution in [0.2, 0.25) is 25.7 Å². The van der Waals surface area contributed by atoms with Gasteiger partial charge in [0.15, 0.2) is 0 Å². The monoisotopic (exact) mass is 157 g/mol. The zero-order chi connectivity index (χ0) is 8.04. The SMILES string of the molecule is CCCN=CC[Si](C)(C)C. The van der Waals surface area contributed by atoms with Crippen molar-refractivity contribution >= 4 is 14.3 Å². The summed E-state index contributed by atoms with van der Waals surface area (Å²) < 4.78 is 0. The van der Waals surface area contributed by atoms with E-state index in [1.54, 1.807) is 0 Å². The second-order valence-electron chi connectivity index (χ2n) is 3.85. The number of nitrogens with zero attached hydrogens (tertiary/aromatic N) is 1. The zero-order valence-corrected chi connectivity index (χ0v) is 8.65. The van der Waals surface area contributed by atoms with Gasteiger partial charge in [-0.05, 0) is 18.7 Å². The molecule has 0 aromatic rings. The summed E-state index contributed by atoms with van der Waals surface area (Å²) in [4.78, 5) is 4.28. The molecule has 0 aliphatic rings. The first kappa shape index (κ1) is 9.89. The lowest BCUT2D eigenvalue weighted by molar-refractivity contribution is 0.936. The highest BCUT2D eigenvalue weighted by Crippen LogP contribution is 2.04. The van der Waals surface area contributed by atoms with Gasteiger partial charge in [-0.25, -0.2) is 0 Å². The smallest absolute Gasteiger partial charge is 0.0498 e. The molecular weight excluding hydrogens is 138 g/mol. The summed E-state index contributed by atoms with van der Waals surface area (Å²) in [6.07, 6.45) is 3.28. The third-order valence-electron chi connectivity index (χ3n) is 1.19. The molecule has 0 heterocycles. The summed E-state index contributed by atoms with van der Waals surface area (Å²) >= 11 is 0. The largest absolute Gasteiger partial charge is 0.298 e. The van der Waals surface area contributed by atoms with Gasteiger partial charge in [0.25, 0.3) is 0 Å². The lowest BCUT2D eigenvalue weighted by Crippen LogP contribution is -2.19. The number of rotatable bonds is 4. The van der Waals surface area contributed by atoms with Crippen molar-refractivity contribution in [3.63, 3.8) is 0 Å². The van der Waals surface area contributed by atoms with Gasteiger partial charge in [0.05, 0.1) is 0 Å². The average Bonchev–Trinajstić information content (AvgIpc) is 1.78. The van der Waals surface area contributed by atoms with E-state index >= 15 is 0 Å². The van der Waals surface area contributed by atoms with Gasteiger partial charge in [0.2, 0.25) is 0 Å². The van der Waals surface area contributed by atoms with Crippen LogP contribution in [0, 0.1) is 0 Å². The topological polar surface area (TPSA) is 12.4 Å². The molecule has 0 unspecified atom stereocenters. The fourth-order valence-electron chi connectivity index (χ4n) is 0.559. The van der Waals surface area contributed by atoms with Crippen LogP contribution in [0.25, 0.3) is 0 Å². The highest BCUT2D eigenvalue weighted by molar-refractivity contribution is 6.78. The van der Waals surface area contributed by atoms with Crippen molar-refractivity contribution in [1.82, 2.24) is 0 Å². The Morgan fingerprint density at radius 1 is 1.30 bits per heavy atom. The summed E-state index contributed by atoms with van der Waals surface area (Å²) in [5.41, 5.74) is 0. The van der Waals surface area contributed by atoms with Crippen LogP contribution in [0.3, 0.4) is 0 Å². The quantitative estimate of drug-likeness (QED) is 0.439. The summed E-state index contributed by atoms with van der Waals surface area (Å²) in [7, 11) is -0.857. The van der Waals surface area contributed by atoms with Gasteiger partial charge in [-0.15, -0.1) is 0 Å². The lowest BCUT2D eigenvalue weighted by atomic mass is 10.5. The first-order valence-electron chi connectivity index (χ1n) is 4.04. The van der Waals surface area contributed by atoms with Crippen LogP contribution < -0.4 is 0 Å². The number of hydrogen-bond acceptors (Lipinski definition) is 1. The van der Waals surface area contributed by atoms with Crippen molar-refractivity contribution in [1.29, 1.82) is 0 Å². The Hall–Kier alpha value is -0.113. The molecule has 0 aromatic heterocycles. The first-order chi connectivity index (χ1) is 4.56. The molecule has 0 saturated carbocycles. The minimum Gasteiger partial charge on any atom is -0.298 e. The maximum Gasteiger partial charge on any atom is 0.0498 e.